The molecule has 0 unspecified atom stereocenters. The molecule has 0 atom stereocenters. The van der Waals surface area contributed by atoms with Gasteiger partial charge in [0.25, 0.3) is 0 Å². The van der Waals surface area contributed by atoms with Gasteiger partial charge in [0.05, 0.1) is 11.8 Å². The Morgan fingerprint density at radius 2 is 2.17 bits per heavy atom. The minimum absolute atomic E-state index is 0.392. The third-order valence-electron chi connectivity index (χ3n) is 2.21. The lowest BCUT2D eigenvalue weighted by molar-refractivity contribution is -0.852. The Balaban J connectivity index is 2.30. The summed E-state index contributed by atoms with van der Waals surface area (Å²) in [6.45, 7) is 4.20. The first-order valence-corrected chi connectivity index (χ1v) is 4.55. The number of hydrogen-bond acceptors (Lipinski definition) is 2. The van der Waals surface area contributed by atoms with Gasteiger partial charge in [-0.2, -0.15) is 0 Å². The van der Waals surface area contributed by atoms with Crippen molar-refractivity contribution >= 4 is 0 Å². The Labute approximate surface area is 72.4 Å². The molecule has 0 saturated heterocycles. The van der Waals surface area contributed by atoms with E-state index in [-0.39, 0.29) is 0 Å². The second-order valence-electron chi connectivity index (χ2n) is 3.83. The number of aromatic nitrogens is 2. The summed E-state index contributed by atoms with van der Waals surface area (Å²) in [6.07, 6.45) is 2.55. The van der Waals surface area contributed by atoms with Crippen LogP contribution in [0.25, 0.3) is 0 Å². The first kappa shape index (κ1) is 7.77. The van der Waals surface area contributed by atoms with E-state index >= 15 is 0 Å². The normalized spacial score (nSPS) is 17.3. The Kier molecular flexibility index (Phi) is 1.67. The largest absolute Gasteiger partial charge is 0.355 e. The van der Waals surface area contributed by atoms with E-state index in [4.69, 9.17) is 4.52 Å². The van der Waals surface area contributed by atoms with Crippen molar-refractivity contribution in [3.8, 4) is 0 Å². The molecule has 0 aromatic carbocycles. The lowest BCUT2D eigenvalue weighted by atomic mass is 10.2. The second-order valence-corrected chi connectivity index (χ2v) is 3.83. The highest BCUT2D eigenvalue weighted by atomic mass is 16.5. The van der Waals surface area contributed by atoms with Crippen molar-refractivity contribution < 1.29 is 9.26 Å². The van der Waals surface area contributed by atoms with Crippen LogP contribution in [0.1, 0.15) is 50.2 Å². The Morgan fingerprint density at radius 3 is 2.58 bits per heavy atom. The van der Waals surface area contributed by atoms with Crippen molar-refractivity contribution in [3.63, 3.8) is 0 Å². The van der Waals surface area contributed by atoms with Gasteiger partial charge in [0.2, 0.25) is 0 Å². The van der Waals surface area contributed by atoms with Crippen molar-refractivity contribution in [2.45, 2.75) is 38.5 Å². The molecule has 1 aromatic rings. The first-order chi connectivity index (χ1) is 5.68. The van der Waals surface area contributed by atoms with Gasteiger partial charge in [-0.1, -0.05) is 18.6 Å². The fraction of sp³-hybridized carbons (Fsp3) is 0.778. The lowest BCUT2D eigenvalue weighted by Crippen LogP contribution is -2.29. The summed E-state index contributed by atoms with van der Waals surface area (Å²) < 4.78 is 7.30. The zero-order valence-corrected chi connectivity index (χ0v) is 7.87. The van der Waals surface area contributed by atoms with Crippen LogP contribution in [0.4, 0.5) is 0 Å². The number of rotatable bonds is 2. The molecule has 0 amide bonds. The molecular weight excluding hydrogens is 152 g/mol. The molecular formula is C9H15N2O+. The lowest BCUT2D eigenvalue weighted by Gasteiger charge is -1.86. The molecule has 0 N–H and O–H groups in total. The minimum atomic E-state index is 0.392. The van der Waals surface area contributed by atoms with Gasteiger partial charge < -0.3 is 0 Å². The van der Waals surface area contributed by atoms with E-state index < -0.39 is 0 Å². The molecule has 3 nitrogen and oxygen atoms in total. The fourth-order valence-corrected chi connectivity index (χ4v) is 1.32. The summed E-state index contributed by atoms with van der Waals surface area (Å²) in [5.74, 6) is 3.05. The van der Waals surface area contributed by atoms with E-state index in [1.165, 1.54) is 12.8 Å². The van der Waals surface area contributed by atoms with Crippen LogP contribution in [0.2, 0.25) is 0 Å². The van der Waals surface area contributed by atoms with Crippen LogP contribution in [-0.4, -0.2) is 4.98 Å². The molecule has 0 bridgehead atoms. The SMILES string of the molecule is CC(C)c1nc(C2CC2)[n+](C)o1. The molecule has 2 rings (SSSR count). The van der Waals surface area contributed by atoms with Gasteiger partial charge in [-0.15, -0.1) is 0 Å². The van der Waals surface area contributed by atoms with Crippen molar-refractivity contribution in [1.29, 1.82) is 0 Å². The predicted molar refractivity (Wildman–Crippen MR) is 43.7 cm³/mol. The maximum Gasteiger partial charge on any atom is 0.355 e. The summed E-state index contributed by atoms with van der Waals surface area (Å²) >= 11 is 0. The van der Waals surface area contributed by atoms with Crippen molar-refractivity contribution in [2.24, 2.45) is 7.05 Å². The molecule has 0 aliphatic heterocycles. The zero-order chi connectivity index (χ0) is 8.72. The molecule has 1 fully saturated rings. The molecule has 66 valence electrons. The fourth-order valence-electron chi connectivity index (χ4n) is 1.32. The average Bonchev–Trinajstić information content (AvgIpc) is 2.75. The van der Waals surface area contributed by atoms with Gasteiger partial charge in [0.15, 0.2) is 0 Å². The van der Waals surface area contributed by atoms with Crippen LogP contribution in [-0.2, 0) is 7.05 Å². The van der Waals surface area contributed by atoms with Crippen molar-refractivity contribution in [2.75, 3.05) is 0 Å². The smallest absolute Gasteiger partial charge is 0.258 e. The van der Waals surface area contributed by atoms with Crippen LogP contribution in [0, 0.1) is 0 Å². The summed E-state index contributed by atoms with van der Waals surface area (Å²) in [5, 5.41) is 0. The molecule has 0 radical (unpaired) electrons. The van der Waals surface area contributed by atoms with Crippen LogP contribution in [0.15, 0.2) is 4.52 Å². The van der Waals surface area contributed by atoms with Crippen LogP contribution in [0.3, 0.4) is 0 Å². The number of nitrogens with zero attached hydrogens (tertiary/aromatic N) is 2. The Bertz CT molecular complexity index is 287. The maximum atomic E-state index is 5.48. The van der Waals surface area contributed by atoms with Gasteiger partial charge >= 0.3 is 11.7 Å². The van der Waals surface area contributed by atoms with E-state index in [0.29, 0.717) is 11.8 Å². The standard InChI is InChI=1S/C9H15N2O/c1-6(2)9-10-8(7-4-5-7)11(3)12-9/h6-7H,4-5H2,1-3H3/q+1. The number of aryl methyl sites for hydroxylation is 1. The van der Waals surface area contributed by atoms with Crippen LogP contribution < -0.4 is 4.74 Å². The highest BCUT2D eigenvalue weighted by molar-refractivity contribution is 5.00. The highest BCUT2D eigenvalue weighted by Gasteiger charge is 2.37. The van der Waals surface area contributed by atoms with Gasteiger partial charge in [-0.3, -0.25) is 4.52 Å². The zero-order valence-electron chi connectivity index (χ0n) is 7.87. The maximum absolute atomic E-state index is 5.48. The minimum Gasteiger partial charge on any atom is -0.258 e. The van der Waals surface area contributed by atoms with Crippen molar-refractivity contribution in [3.05, 3.63) is 11.7 Å². The summed E-state index contributed by atoms with van der Waals surface area (Å²) in [5.41, 5.74) is 0. The Hall–Kier alpha value is -0.860. The molecule has 1 saturated carbocycles. The number of hydrogen-bond donors (Lipinski definition) is 0. The molecule has 0 spiro atoms. The highest BCUT2D eigenvalue weighted by Crippen LogP contribution is 2.37. The first-order valence-electron chi connectivity index (χ1n) is 4.55. The third-order valence-corrected chi connectivity index (χ3v) is 2.21. The van der Waals surface area contributed by atoms with Crippen molar-refractivity contribution in [1.82, 2.24) is 4.98 Å². The van der Waals surface area contributed by atoms with Crippen LogP contribution >= 0.6 is 0 Å². The van der Waals surface area contributed by atoms with E-state index in [1.54, 1.807) is 0 Å². The Morgan fingerprint density at radius 1 is 1.50 bits per heavy atom. The van der Waals surface area contributed by atoms with E-state index in [2.05, 4.69) is 18.8 Å². The summed E-state index contributed by atoms with van der Waals surface area (Å²) in [7, 11) is 1.94. The summed E-state index contributed by atoms with van der Waals surface area (Å²) in [4.78, 5) is 4.47. The summed E-state index contributed by atoms with van der Waals surface area (Å²) in [6, 6.07) is 0. The monoisotopic (exact) mass is 167 g/mol. The molecule has 1 heterocycles. The quantitative estimate of drug-likeness (QED) is 0.625. The molecule has 1 aliphatic carbocycles. The third kappa shape index (κ3) is 1.24. The molecule has 1 aromatic heterocycles. The molecule has 3 heteroatoms. The van der Waals surface area contributed by atoms with Gasteiger partial charge in [-0.05, 0) is 17.8 Å². The predicted octanol–water partition coefficient (Wildman–Crippen LogP) is 1.50. The van der Waals surface area contributed by atoms with Gasteiger partial charge in [0.1, 0.15) is 7.05 Å². The molecule has 12 heavy (non-hydrogen) atoms. The van der Waals surface area contributed by atoms with Crippen LogP contribution in [0.5, 0.6) is 0 Å². The van der Waals surface area contributed by atoms with E-state index in [0.717, 1.165) is 11.7 Å². The van der Waals surface area contributed by atoms with Gasteiger partial charge in [-0.25, -0.2) is 0 Å². The van der Waals surface area contributed by atoms with E-state index in [1.807, 2.05) is 11.8 Å². The average molecular weight is 167 g/mol. The second kappa shape index (κ2) is 2.57. The molecule has 1 aliphatic rings. The van der Waals surface area contributed by atoms with E-state index in [9.17, 15) is 0 Å². The van der Waals surface area contributed by atoms with Gasteiger partial charge in [0, 0.05) is 0 Å². The topological polar surface area (TPSA) is 29.9 Å².